The Morgan fingerprint density at radius 1 is 1.31 bits per heavy atom. The highest BCUT2D eigenvalue weighted by Gasteiger charge is 2.46. The number of carbonyl (C=O) groups excluding carboxylic acids is 1. The maximum absolute atomic E-state index is 10.3. The number of hydrogen-bond acceptors (Lipinski definition) is 2. The second-order valence-corrected chi connectivity index (χ2v) is 3.65. The number of ether oxygens (including phenoxy) is 1. The Balaban J connectivity index is 2.25. The van der Waals surface area contributed by atoms with Crippen LogP contribution in [0.4, 0.5) is 0 Å². The first-order chi connectivity index (χ1) is 6.27. The van der Waals surface area contributed by atoms with Crippen molar-refractivity contribution in [1.82, 2.24) is 0 Å². The lowest BCUT2D eigenvalue weighted by Gasteiger charge is -2.12. The van der Waals surface area contributed by atoms with Crippen LogP contribution >= 0.6 is 11.6 Å². The van der Waals surface area contributed by atoms with Crippen molar-refractivity contribution in [3.05, 3.63) is 34.9 Å². The van der Waals surface area contributed by atoms with Gasteiger partial charge in [-0.2, -0.15) is 0 Å². The molecule has 2 rings (SSSR count). The Hall–Kier alpha value is -1.02. The highest BCUT2D eigenvalue weighted by molar-refractivity contribution is 6.30. The second kappa shape index (κ2) is 3.04. The van der Waals surface area contributed by atoms with Gasteiger partial charge >= 0.3 is 0 Å². The summed E-state index contributed by atoms with van der Waals surface area (Å²) in [7, 11) is 0. The molecule has 0 radical (unpaired) electrons. The van der Waals surface area contributed by atoms with Crippen molar-refractivity contribution in [1.29, 1.82) is 0 Å². The molecule has 1 fully saturated rings. The van der Waals surface area contributed by atoms with E-state index in [9.17, 15) is 4.79 Å². The van der Waals surface area contributed by atoms with Crippen molar-refractivity contribution in [2.45, 2.75) is 18.4 Å². The molecule has 0 saturated heterocycles. The normalized spacial score (nSPS) is 17.9. The van der Waals surface area contributed by atoms with E-state index >= 15 is 0 Å². The molecule has 0 spiro atoms. The lowest BCUT2D eigenvalue weighted by atomic mass is 10.1. The zero-order valence-electron chi connectivity index (χ0n) is 7.00. The van der Waals surface area contributed by atoms with E-state index < -0.39 is 0 Å². The molecule has 1 aromatic rings. The van der Waals surface area contributed by atoms with Crippen LogP contribution in [0.3, 0.4) is 0 Å². The molecule has 0 N–H and O–H groups in total. The smallest absolute Gasteiger partial charge is 0.293 e. The molecule has 1 aliphatic rings. The molecule has 0 aliphatic heterocycles. The quantitative estimate of drug-likeness (QED) is 0.695. The first-order valence-electron chi connectivity index (χ1n) is 4.14. The van der Waals surface area contributed by atoms with E-state index in [-0.39, 0.29) is 5.60 Å². The summed E-state index contributed by atoms with van der Waals surface area (Å²) in [4.78, 5) is 10.3. The average Bonchev–Trinajstić information content (AvgIpc) is 2.87. The largest absolute Gasteiger partial charge is 0.456 e. The molecule has 0 aromatic heterocycles. The second-order valence-electron chi connectivity index (χ2n) is 3.22. The van der Waals surface area contributed by atoms with Crippen molar-refractivity contribution >= 4 is 18.1 Å². The molecular formula is C10H9ClO2. The van der Waals surface area contributed by atoms with E-state index in [4.69, 9.17) is 16.3 Å². The van der Waals surface area contributed by atoms with Gasteiger partial charge in [0.2, 0.25) is 0 Å². The van der Waals surface area contributed by atoms with Crippen LogP contribution in [0.25, 0.3) is 0 Å². The first-order valence-corrected chi connectivity index (χ1v) is 4.52. The van der Waals surface area contributed by atoms with Crippen LogP contribution < -0.4 is 0 Å². The Morgan fingerprint density at radius 2 is 1.92 bits per heavy atom. The van der Waals surface area contributed by atoms with Gasteiger partial charge < -0.3 is 4.74 Å². The van der Waals surface area contributed by atoms with Gasteiger partial charge in [0.25, 0.3) is 6.47 Å². The maximum atomic E-state index is 10.3. The number of halogens is 1. The minimum Gasteiger partial charge on any atom is -0.456 e. The number of benzene rings is 1. The summed E-state index contributed by atoms with van der Waals surface area (Å²) >= 11 is 5.75. The Morgan fingerprint density at radius 3 is 2.38 bits per heavy atom. The standard InChI is InChI=1S/C10H9ClO2/c11-9-3-1-8(2-4-9)10(5-6-10)13-7-12/h1-4,7H,5-6H2. The minimum absolute atomic E-state index is 0.341. The van der Waals surface area contributed by atoms with Crippen LogP contribution in [0, 0.1) is 0 Å². The van der Waals surface area contributed by atoms with Gasteiger partial charge in [-0.3, -0.25) is 4.79 Å². The molecule has 1 aliphatic carbocycles. The fraction of sp³-hybridized carbons (Fsp3) is 0.300. The van der Waals surface area contributed by atoms with Crippen LogP contribution in [-0.4, -0.2) is 6.47 Å². The van der Waals surface area contributed by atoms with E-state index in [1.807, 2.05) is 24.3 Å². The molecule has 0 amide bonds. The number of hydrogen-bond donors (Lipinski definition) is 0. The van der Waals surface area contributed by atoms with E-state index in [1.165, 1.54) is 0 Å². The summed E-state index contributed by atoms with van der Waals surface area (Å²) in [5, 5.41) is 0.700. The van der Waals surface area contributed by atoms with Crippen molar-refractivity contribution in [3.63, 3.8) is 0 Å². The predicted molar refractivity (Wildman–Crippen MR) is 49.5 cm³/mol. The van der Waals surface area contributed by atoms with Gasteiger partial charge in [-0.05, 0) is 30.5 Å². The molecular weight excluding hydrogens is 188 g/mol. The summed E-state index contributed by atoms with van der Waals surface area (Å²) in [6.45, 7) is 0.515. The minimum atomic E-state index is -0.341. The van der Waals surface area contributed by atoms with Crippen molar-refractivity contribution in [2.75, 3.05) is 0 Å². The van der Waals surface area contributed by atoms with Gasteiger partial charge in [-0.1, -0.05) is 23.7 Å². The third-order valence-corrected chi connectivity index (χ3v) is 2.60. The monoisotopic (exact) mass is 196 g/mol. The third-order valence-electron chi connectivity index (χ3n) is 2.35. The fourth-order valence-electron chi connectivity index (χ4n) is 1.43. The van der Waals surface area contributed by atoms with E-state index in [1.54, 1.807) is 0 Å². The van der Waals surface area contributed by atoms with Gasteiger partial charge in [0, 0.05) is 5.02 Å². The lowest BCUT2D eigenvalue weighted by molar-refractivity contribution is -0.136. The molecule has 0 bridgehead atoms. The Bertz CT molecular complexity index is 314. The van der Waals surface area contributed by atoms with Crippen LogP contribution in [0.5, 0.6) is 0 Å². The van der Waals surface area contributed by atoms with Gasteiger partial charge in [0.1, 0.15) is 5.60 Å². The molecule has 13 heavy (non-hydrogen) atoms. The molecule has 68 valence electrons. The van der Waals surface area contributed by atoms with Gasteiger partial charge in [0.05, 0.1) is 0 Å². The van der Waals surface area contributed by atoms with Crippen LogP contribution in [0.15, 0.2) is 24.3 Å². The van der Waals surface area contributed by atoms with Gasteiger partial charge in [-0.25, -0.2) is 0 Å². The Kier molecular flexibility index (Phi) is 2.00. The lowest BCUT2D eigenvalue weighted by Crippen LogP contribution is -2.10. The third kappa shape index (κ3) is 1.54. The molecule has 0 unspecified atom stereocenters. The molecule has 0 heterocycles. The molecule has 2 nitrogen and oxygen atoms in total. The van der Waals surface area contributed by atoms with E-state index in [0.29, 0.717) is 11.5 Å². The van der Waals surface area contributed by atoms with E-state index in [0.717, 1.165) is 18.4 Å². The summed E-state index contributed by atoms with van der Waals surface area (Å²) < 4.78 is 5.04. The predicted octanol–water partition coefficient (Wildman–Crippen LogP) is 2.50. The highest BCUT2D eigenvalue weighted by atomic mass is 35.5. The van der Waals surface area contributed by atoms with Gasteiger partial charge in [-0.15, -0.1) is 0 Å². The SMILES string of the molecule is O=COC1(c2ccc(Cl)cc2)CC1. The molecule has 1 aromatic carbocycles. The highest BCUT2D eigenvalue weighted by Crippen LogP contribution is 2.48. The topological polar surface area (TPSA) is 26.3 Å². The summed E-state index contributed by atoms with van der Waals surface area (Å²) in [5.41, 5.74) is 0.691. The summed E-state index contributed by atoms with van der Waals surface area (Å²) in [6, 6.07) is 7.42. The van der Waals surface area contributed by atoms with Crippen LogP contribution in [0.1, 0.15) is 18.4 Å². The van der Waals surface area contributed by atoms with E-state index in [2.05, 4.69) is 0 Å². The molecule has 1 saturated carbocycles. The zero-order chi connectivity index (χ0) is 9.31. The van der Waals surface area contributed by atoms with Crippen molar-refractivity contribution < 1.29 is 9.53 Å². The number of carbonyl (C=O) groups is 1. The molecule has 0 atom stereocenters. The number of rotatable bonds is 3. The Labute approximate surface area is 81.5 Å². The average molecular weight is 197 g/mol. The zero-order valence-corrected chi connectivity index (χ0v) is 7.75. The van der Waals surface area contributed by atoms with Crippen molar-refractivity contribution in [2.24, 2.45) is 0 Å². The van der Waals surface area contributed by atoms with Crippen molar-refractivity contribution in [3.8, 4) is 0 Å². The fourth-order valence-corrected chi connectivity index (χ4v) is 1.56. The van der Waals surface area contributed by atoms with Crippen LogP contribution in [0.2, 0.25) is 5.02 Å². The summed E-state index contributed by atoms with van der Waals surface area (Å²) in [6.07, 6.45) is 1.82. The molecule has 3 heteroatoms. The maximum Gasteiger partial charge on any atom is 0.293 e. The first kappa shape index (κ1) is 8.57. The van der Waals surface area contributed by atoms with Crippen LogP contribution in [-0.2, 0) is 15.1 Å². The van der Waals surface area contributed by atoms with Gasteiger partial charge in [0.15, 0.2) is 0 Å². The summed E-state index contributed by atoms with van der Waals surface area (Å²) in [5.74, 6) is 0.